The third kappa shape index (κ3) is 3.72. The Morgan fingerprint density at radius 3 is 2.90 bits per heavy atom. The Kier molecular flexibility index (Phi) is 5.42. The standard InChI is InChI=1S/C16H23ClFNO/c1-3-19-15(16(2)8-4-5-9-20-16)11-12-10-13(17)6-7-14(12)18/h6-7,10,15,19H,3-5,8-9,11H2,1-2H3. The van der Waals surface area contributed by atoms with Crippen molar-refractivity contribution in [1.29, 1.82) is 0 Å². The van der Waals surface area contributed by atoms with Crippen LogP contribution in [-0.2, 0) is 11.2 Å². The van der Waals surface area contributed by atoms with Crippen molar-refractivity contribution in [3.63, 3.8) is 0 Å². The van der Waals surface area contributed by atoms with E-state index in [-0.39, 0.29) is 17.5 Å². The first-order valence-electron chi connectivity index (χ1n) is 7.36. The molecular weight excluding hydrogens is 277 g/mol. The molecule has 0 bridgehead atoms. The average Bonchev–Trinajstić information content (AvgIpc) is 2.43. The van der Waals surface area contributed by atoms with E-state index in [1.165, 1.54) is 6.07 Å². The number of hydrogen-bond acceptors (Lipinski definition) is 2. The minimum atomic E-state index is -0.233. The van der Waals surface area contributed by atoms with Crippen LogP contribution >= 0.6 is 11.6 Å². The monoisotopic (exact) mass is 299 g/mol. The number of hydrogen-bond donors (Lipinski definition) is 1. The summed E-state index contributed by atoms with van der Waals surface area (Å²) in [5.41, 5.74) is 0.419. The van der Waals surface area contributed by atoms with Crippen LogP contribution in [0.15, 0.2) is 18.2 Å². The molecule has 4 heteroatoms. The second kappa shape index (κ2) is 6.88. The van der Waals surface area contributed by atoms with E-state index >= 15 is 0 Å². The van der Waals surface area contributed by atoms with Crippen LogP contribution < -0.4 is 5.32 Å². The van der Waals surface area contributed by atoms with Crippen molar-refractivity contribution >= 4 is 11.6 Å². The molecule has 0 aromatic heterocycles. The average molecular weight is 300 g/mol. The van der Waals surface area contributed by atoms with E-state index < -0.39 is 0 Å². The Hall–Kier alpha value is -0.640. The summed E-state index contributed by atoms with van der Waals surface area (Å²) in [4.78, 5) is 0. The van der Waals surface area contributed by atoms with E-state index in [0.717, 1.165) is 32.4 Å². The quantitative estimate of drug-likeness (QED) is 0.888. The second-order valence-corrected chi connectivity index (χ2v) is 6.10. The summed E-state index contributed by atoms with van der Waals surface area (Å²) in [5, 5.41) is 4.03. The van der Waals surface area contributed by atoms with Crippen molar-refractivity contribution in [1.82, 2.24) is 5.32 Å². The van der Waals surface area contributed by atoms with Gasteiger partial charge < -0.3 is 10.1 Å². The SMILES string of the molecule is CCNC(Cc1cc(Cl)ccc1F)C1(C)CCCCO1. The Morgan fingerprint density at radius 2 is 2.25 bits per heavy atom. The summed E-state index contributed by atoms with van der Waals surface area (Å²) in [6, 6.07) is 4.83. The van der Waals surface area contributed by atoms with Gasteiger partial charge in [0, 0.05) is 17.7 Å². The van der Waals surface area contributed by atoms with Gasteiger partial charge in [-0.2, -0.15) is 0 Å². The third-order valence-corrected chi connectivity index (χ3v) is 4.35. The van der Waals surface area contributed by atoms with Gasteiger partial charge in [-0.15, -0.1) is 0 Å². The van der Waals surface area contributed by atoms with Crippen molar-refractivity contribution < 1.29 is 9.13 Å². The molecule has 2 nitrogen and oxygen atoms in total. The molecule has 0 saturated carbocycles. The molecule has 1 fully saturated rings. The van der Waals surface area contributed by atoms with Gasteiger partial charge in [-0.3, -0.25) is 0 Å². The molecule has 2 atom stereocenters. The molecule has 1 heterocycles. The fourth-order valence-corrected chi connectivity index (χ4v) is 3.10. The number of nitrogens with one attached hydrogen (secondary N) is 1. The van der Waals surface area contributed by atoms with Crippen LogP contribution in [0.2, 0.25) is 5.02 Å². The highest BCUT2D eigenvalue weighted by molar-refractivity contribution is 6.30. The predicted octanol–water partition coefficient (Wildman–Crippen LogP) is 3.96. The smallest absolute Gasteiger partial charge is 0.126 e. The number of halogens is 2. The fraction of sp³-hybridized carbons (Fsp3) is 0.625. The largest absolute Gasteiger partial charge is 0.374 e. The minimum absolute atomic E-state index is 0.0979. The van der Waals surface area contributed by atoms with E-state index in [0.29, 0.717) is 17.0 Å². The van der Waals surface area contributed by atoms with Crippen LogP contribution in [0.1, 0.15) is 38.7 Å². The first kappa shape index (κ1) is 15.7. The summed E-state index contributed by atoms with van der Waals surface area (Å²) in [5.74, 6) is -0.197. The molecule has 1 aliphatic rings. The molecule has 0 amide bonds. The predicted molar refractivity (Wildman–Crippen MR) is 80.8 cm³/mol. The minimum Gasteiger partial charge on any atom is -0.374 e. The number of rotatable bonds is 5. The van der Waals surface area contributed by atoms with Gasteiger partial charge in [0.2, 0.25) is 0 Å². The van der Waals surface area contributed by atoms with Crippen LogP contribution in [-0.4, -0.2) is 24.8 Å². The highest BCUT2D eigenvalue weighted by Crippen LogP contribution is 2.30. The molecule has 1 aromatic rings. The van der Waals surface area contributed by atoms with Crippen molar-refractivity contribution in [3.05, 3.63) is 34.6 Å². The fourth-order valence-electron chi connectivity index (χ4n) is 2.90. The number of likely N-dealkylation sites (N-methyl/N-ethyl adjacent to an activating group) is 1. The van der Waals surface area contributed by atoms with E-state index in [1.54, 1.807) is 12.1 Å². The van der Waals surface area contributed by atoms with Crippen LogP contribution in [0.3, 0.4) is 0 Å². The van der Waals surface area contributed by atoms with Crippen molar-refractivity contribution in [2.45, 2.75) is 51.2 Å². The lowest BCUT2D eigenvalue weighted by atomic mass is 9.84. The lowest BCUT2D eigenvalue weighted by molar-refractivity contribution is -0.0882. The zero-order valence-corrected chi connectivity index (χ0v) is 13.0. The Morgan fingerprint density at radius 1 is 1.45 bits per heavy atom. The molecule has 2 unspecified atom stereocenters. The van der Waals surface area contributed by atoms with Crippen molar-refractivity contribution in [2.75, 3.05) is 13.2 Å². The molecule has 1 aliphatic heterocycles. The molecule has 0 aliphatic carbocycles. The van der Waals surface area contributed by atoms with E-state index in [2.05, 4.69) is 19.2 Å². The normalized spacial score (nSPS) is 24.6. The van der Waals surface area contributed by atoms with Crippen LogP contribution in [0.5, 0.6) is 0 Å². The van der Waals surface area contributed by atoms with Gasteiger partial charge >= 0.3 is 0 Å². The molecule has 1 aromatic carbocycles. The Balaban J connectivity index is 2.18. The van der Waals surface area contributed by atoms with Crippen molar-refractivity contribution in [2.24, 2.45) is 0 Å². The van der Waals surface area contributed by atoms with Crippen LogP contribution in [0.4, 0.5) is 4.39 Å². The summed E-state index contributed by atoms with van der Waals surface area (Å²) in [7, 11) is 0. The maximum atomic E-state index is 13.9. The summed E-state index contributed by atoms with van der Waals surface area (Å²) in [6.45, 7) is 5.82. The summed E-state index contributed by atoms with van der Waals surface area (Å²) < 4.78 is 19.9. The zero-order valence-electron chi connectivity index (χ0n) is 12.2. The van der Waals surface area contributed by atoms with Gasteiger partial charge in [-0.1, -0.05) is 18.5 Å². The molecule has 112 valence electrons. The lowest BCUT2D eigenvalue weighted by Gasteiger charge is -2.41. The Bertz CT molecular complexity index is 446. The molecule has 2 rings (SSSR count). The number of benzene rings is 1. The molecule has 1 N–H and O–H groups in total. The molecular formula is C16H23ClFNO. The maximum Gasteiger partial charge on any atom is 0.126 e. The van der Waals surface area contributed by atoms with Gasteiger partial charge in [0.25, 0.3) is 0 Å². The highest BCUT2D eigenvalue weighted by Gasteiger charge is 2.36. The van der Waals surface area contributed by atoms with Crippen LogP contribution in [0, 0.1) is 5.82 Å². The zero-order chi connectivity index (χ0) is 14.6. The van der Waals surface area contributed by atoms with E-state index in [4.69, 9.17) is 16.3 Å². The Labute approximate surface area is 125 Å². The molecule has 20 heavy (non-hydrogen) atoms. The first-order chi connectivity index (χ1) is 9.55. The summed E-state index contributed by atoms with van der Waals surface area (Å²) >= 11 is 5.98. The van der Waals surface area contributed by atoms with Crippen molar-refractivity contribution in [3.8, 4) is 0 Å². The first-order valence-corrected chi connectivity index (χ1v) is 7.74. The van der Waals surface area contributed by atoms with Gasteiger partial charge in [0.15, 0.2) is 0 Å². The van der Waals surface area contributed by atoms with Gasteiger partial charge in [-0.25, -0.2) is 4.39 Å². The summed E-state index contributed by atoms with van der Waals surface area (Å²) in [6.07, 6.45) is 3.87. The van der Waals surface area contributed by atoms with Gasteiger partial charge in [0.1, 0.15) is 5.82 Å². The number of ether oxygens (including phenoxy) is 1. The highest BCUT2D eigenvalue weighted by atomic mass is 35.5. The van der Waals surface area contributed by atoms with E-state index in [9.17, 15) is 4.39 Å². The second-order valence-electron chi connectivity index (χ2n) is 5.67. The lowest BCUT2D eigenvalue weighted by Crippen LogP contribution is -2.53. The third-order valence-electron chi connectivity index (χ3n) is 4.12. The maximum absolute atomic E-state index is 13.9. The van der Waals surface area contributed by atoms with Crippen LogP contribution in [0.25, 0.3) is 0 Å². The topological polar surface area (TPSA) is 21.3 Å². The molecule has 0 radical (unpaired) electrons. The van der Waals surface area contributed by atoms with Gasteiger partial charge in [-0.05, 0) is 62.9 Å². The molecule has 0 spiro atoms. The van der Waals surface area contributed by atoms with Gasteiger partial charge in [0.05, 0.1) is 5.60 Å². The molecule has 1 saturated heterocycles. The van der Waals surface area contributed by atoms with E-state index in [1.807, 2.05) is 0 Å².